The Kier molecular flexibility index (Phi) is 5.35. The zero-order chi connectivity index (χ0) is 18.7. The van der Waals surface area contributed by atoms with E-state index in [0.717, 1.165) is 5.56 Å². The molecule has 1 unspecified atom stereocenters. The molecule has 1 N–H and O–H groups in total. The first-order valence-corrected chi connectivity index (χ1v) is 8.77. The molecule has 136 valence electrons. The van der Waals surface area contributed by atoms with Crippen molar-refractivity contribution in [1.82, 2.24) is 4.90 Å². The fraction of sp³-hybridized carbons (Fsp3) is 0.333. The number of amides is 1. The lowest BCUT2D eigenvalue weighted by Crippen LogP contribution is -2.35. The van der Waals surface area contributed by atoms with E-state index in [0.29, 0.717) is 18.5 Å². The number of carbonyl (C=O) groups excluding carboxylic acids is 1. The van der Waals surface area contributed by atoms with Crippen LogP contribution in [0.1, 0.15) is 24.0 Å². The molecule has 3 rings (SSSR count). The van der Waals surface area contributed by atoms with Gasteiger partial charge in [0.05, 0.1) is 5.92 Å². The number of likely N-dealkylation sites (tertiary alicyclic amines) is 1. The van der Waals surface area contributed by atoms with Crippen LogP contribution in [-0.2, 0) is 16.0 Å². The lowest BCUT2D eigenvalue weighted by atomic mass is 9.89. The highest BCUT2D eigenvalue weighted by Crippen LogP contribution is 2.33. The van der Waals surface area contributed by atoms with Gasteiger partial charge in [0.2, 0.25) is 5.91 Å². The predicted molar refractivity (Wildman–Crippen MR) is 96.2 cm³/mol. The molecule has 26 heavy (non-hydrogen) atoms. The van der Waals surface area contributed by atoms with E-state index in [1.165, 1.54) is 6.07 Å². The van der Waals surface area contributed by atoms with Crippen molar-refractivity contribution >= 4 is 11.9 Å². The molecule has 2 aromatic carbocycles. The molecule has 0 aromatic heterocycles. The number of rotatable bonds is 5. The molecule has 1 fully saturated rings. The Labute approximate surface area is 152 Å². The molecule has 4 nitrogen and oxygen atoms in total. The van der Waals surface area contributed by atoms with Crippen molar-refractivity contribution in [2.45, 2.75) is 19.3 Å². The molecular weight excluding hydrogens is 333 g/mol. The van der Waals surface area contributed by atoms with Gasteiger partial charge in [0.25, 0.3) is 0 Å². The van der Waals surface area contributed by atoms with E-state index in [-0.39, 0.29) is 24.2 Å². The average molecular weight is 355 g/mol. The molecule has 5 heteroatoms. The van der Waals surface area contributed by atoms with Crippen molar-refractivity contribution in [3.63, 3.8) is 0 Å². The SMILES string of the molecule is CC(Cc1ccccc1F)C(=O)N1C[C@H](C(=O)O)[C@H](c2ccccc2)C1. The molecule has 1 amide bonds. The first-order valence-electron chi connectivity index (χ1n) is 8.77. The van der Waals surface area contributed by atoms with Gasteiger partial charge in [-0.15, -0.1) is 0 Å². The van der Waals surface area contributed by atoms with Crippen molar-refractivity contribution in [2.24, 2.45) is 11.8 Å². The topological polar surface area (TPSA) is 57.6 Å². The van der Waals surface area contributed by atoms with Crippen LogP contribution in [0.25, 0.3) is 0 Å². The van der Waals surface area contributed by atoms with E-state index in [4.69, 9.17) is 0 Å². The van der Waals surface area contributed by atoms with Crippen molar-refractivity contribution < 1.29 is 19.1 Å². The van der Waals surface area contributed by atoms with Crippen molar-refractivity contribution in [1.29, 1.82) is 0 Å². The summed E-state index contributed by atoms with van der Waals surface area (Å²) in [6.07, 6.45) is 0.301. The second-order valence-electron chi connectivity index (χ2n) is 6.90. The molecule has 0 spiro atoms. The highest BCUT2D eigenvalue weighted by Gasteiger charge is 2.41. The maximum absolute atomic E-state index is 13.8. The maximum atomic E-state index is 13.8. The standard InChI is InChI=1S/C21H22FNO3/c1-14(11-16-9-5-6-10-19(16)22)20(24)23-12-17(18(13-23)21(25)26)15-7-3-2-4-8-15/h2-10,14,17-18H,11-13H2,1H3,(H,25,26)/t14?,17-,18-/m0/s1. The molecule has 1 heterocycles. The van der Waals surface area contributed by atoms with Gasteiger partial charge in [-0.05, 0) is 23.6 Å². The Morgan fingerprint density at radius 2 is 1.77 bits per heavy atom. The van der Waals surface area contributed by atoms with E-state index in [1.54, 1.807) is 30.0 Å². The summed E-state index contributed by atoms with van der Waals surface area (Å²) in [5.41, 5.74) is 1.43. The van der Waals surface area contributed by atoms with Gasteiger partial charge in [0.1, 0.15) is 5.82 Å². The van der Waals surface area contributed by atoms with Crippen LogP contribution in [0.5, 0.6) is 0 Å². The van der Waals surface area contributed by atoms with Crippen LogP contribution < -0.4 is 0 Å². The molecule has 3 atom stereocenters. The van der Waals surface area contributed by atoms with E-state index >= 15 is 0 Å². The number of aliphatic carboxylic acids is 1. The zero-order valence-electron chi connectivity index (χ0n) is 14.6. The highest BCUT2D eigenvalue weighted by molar-refractivity contribution is 5.81. The van der Waals surface area contributed by atoms with Gasteiger partial charge in [-0.25, -0.2) is 4.39 Å². The number of carbonyl (C=O) groups is 2. The first kappa shape index (κ1) is 18.1. The first-order chi connectivity index (χ1) is 12.5. The van der Waals surface area contributed by atoms with Crippen LogP contribution in [0.15, 0.2) is 54.6 Å². The minimum atomic E-state index is -0.893. The van der Waals surface area contributed by atoms with Gasteiger partial charge in [-0.2, -0.15) is 0 Å². The number of hydrogen-bond donors (Lipinski definition) is 1. The summed E-state index contributed by atoms with van der Waals surface area (Å²) in [5.74, 6) is -2.59. The summed E-state index contributed by atoms with van der Waals surface area (Å²) in [4.78, 5) is 26.1. The van der Waals surface area contributed by atoms with Crippen molar-refractivity contribution in [3.8, 4) is 0 Å². The Morgan fingerprint density at radius 3 is 2.42 bits per heavy atom. The van der Waals surface area contributed by atoms with Gasteiger partial charge in [-0.1, -0.05) is 55.5 Å². The van der Waals surface area contributed by atoms with Crippen LogP contribution in [0.3, 0.4) is 0 Å². The van der Waals surface area contributed by atoms with Crippen LogP contribution in [-0.4, -0.2) is 35.0 Å². The molecule has 1 aliphatic rings. The van der Waals surface area contributed by atoms with Crippen LogP contribution in [0, 0.1) is 17.7 Å². The summed E-state index contributed by atoms with van der Waals surface area (Å²) < 4.78 is 13.8. The molecule has 2 aromatic rings. The number of halogens is 1. The largest absolute Gasteiger partial charge is 0.481 e. The predicted octanol–water partition coefficient (Wildman–Crippen LogP) is 3.33. The van der Waals surface area contributed by atoms with Gasteiger partial charge in [0.15, 0.2) is 0 Å². The Morgan fingerprint density at radius 1 is 1.12 bits per heavy atom. The maximum Gasteiger partial charge on any atom is 0.308 e. The van der Waals surface area contributed by atoms with Gasteiger partial charge in [0, 0.05) is 24.9 Å². The minimum absolute atomic E-state index is 0.127. The summed E-state index contributed by atoms with van der Waals surface area (Å²) in [6.45, 7) is 2.33. The lowest BCUT2D eigenvalue weighted by Gasteiger charge is -2.21. The third-order valence-corrected chi connectivity index (χ3v) is 5.08. The lowest BCUT2D eigenvalue weighted by molar-refractivity contribution is -0.142. The number of benzene rings is 2. The Hall–Kier alpha value is -2.69. The van der Waals surface area contributed by atoms with Crippen LogP contribution in [0.4, 0.5) is 4.39 Å². The van der Waals surface area contributed by atoms with Gasteiger partial charge in [-0.3, -0.25) is 9.59 Å². The summed E-state index contributed by atoms with van der Waals surface area (Å²) in [6, 6.07) is 15.9. The quantitative estimate of drug-likeness (QED) is 0.895. The second-order valence-corrected chi connectivity index (χ2v) is 6.90. The number of carboxylic acids is 1. The van der Waals surface area contributed by atoms with E-state index in [1.807, 2.05) is 30.3 Å². The van der Waals surface area contributed by atoms with E-state index in [2.05, 4.69) is 0 Å². The number of carboxylic acid groups (broad SMARTS) is 1. The summed E-state index contributed by atoms with van der Waals surface area (Å²) in [5, 5.41) is 9.57. The number of nitrogens with zero attached hydrogens (tertiary/aromatic N) is 1. The smallest absolute Gasteiger partial charge is 0.308 e. The van der Waals surface area contributed by atoms with Crippen molar-refractivity contribution in [3.05, 3.63) is 71.5 Å². The van der Waals surface area contributed by atoms with Crippen LogP contribution in [0.2, 0.25) is 0 Å². The normalized spacial score (nSPS) is 20.8. The molecule has 1 saturated heterocycles. The van der Waals surface area contributed by atoms with E-state index in [9.17, 15) is 19.1 Å². The third-order valence-electron chi connectivity index (χ3n) is 5.08. The monoisotopic (exact) mass is 355 g/mol. The molecule has 0 aliphatic carbocycles. The summed E-state index contributed by atoms with van der Waals surface area (Å²) in [7, 11) is 0. The molecular formula is C21H22FNO3. The highest BCUT2D eigenvalue weighted by atomic mass is 19.1. The van der Waals surface area contributed by atoms with Gasteiger partial charge < -0.3 is 10.0 Å². The fourth-order valence-electron chi connectivity index (χ4n) is 3.66. The fourth-order valence-corrected chi connectivity index (χ4v) is 3.66. The average Bonchev–Trinajstić information content (AvgIpc) is 3.09. The van der Waals surface area contributed by atoms with Gasteiger partial charge >= 0.3 is 5.97 Å². The molecule has 0 radical (unpaired) electrons. The molecule has 1 aliphatic heterocycles. The summed E-state index contributed by atoms with van der Waals surface area (Å²) >= 11 is 0. The van der Waals surface area contributed by atoms with Crippen LogP contribution >= 0.6 is 0 Å². The Bertz CT molecular complexity index is 793. The minimum Gasteiger partial charge on any atom is -0.481 e. The van der Waals surface area contributed by atoms with Crippen molar-refractivity contribution in [2.75, 3.05) is 13.1 Å². The van der Waals surface area contributed by atoms with E-state index < -0.39 is 17.8 Å². The number of hydrogen-bond acceptors (Lipinski definition) is 2. The second kappa shape index (κ2) is 7.68. The molecule has 0 saturated carbocycles. The zero-order valence-corrected chi connectivity index (χ0v) is 14.6. The Balaban J connectivity index is 1.73. The third kappa shape index (κ3) is 3.77. The molecule has 0 bridgehead atoms.